The molecule has 6 atom stereocenters. The van der Waals surface area contributed by atoms with Crippen LogP contribution in [0, 0.1) is 23.2 Å². The minimum Gasteiger partial charge on any atom is -0.508 e. The molecule has 0 radical (unpaired) electrons. The summed E-state index contributed by atoms with van der Waals surface area (Å²) in [5.41, 5.74) is 2.80. The predicted molar refractivity (Wildman–Crippen MR) is 161 cm³/mol. The van der Waals surface area contributed by atoms with Crippen LogP contribution in [0.4, 0.5) is 0 Å². The normalized spacial score (nSPS) is 29.1. The number of carboxylic acid groups (broad SMARTS) is 1. The molecule has 3 unspecified atom stereocenters. The lowest BCUT2D eigenvalue weighted by Gasteiger charge is -2.53. The number of benzene rings is 1. The van der Waals surface area contributed by atoms with Crippen LogP contribution in [0.2, 0.25) is 0 Å². The van der Waals surface area contributed by atoms with Crippen LogP contribution in [0.3, 0.4) is 0 Å². The zero-order valence-corrected chi connectivity index (χ0v) is 25.3. The quantitative estimate of drug-likeness (QED) is 0.217. The summed E-state index contributed by atoms with van der Waals surface area (Å²) >= 11 is 1.75. The van der Waals surface area contributed by atoms with Gasteiger partial charge in [-0.2, -0.15) is 11.8 Å². The fourth-order valence-corrected chi connectivity index (χ4v) is 8.82. The summed E-state index contributed by atoms with van der Waals surface area (Å²) in [6.45, 7) is 5.65. The number of aromatic hydroxyl groups is 1. The van der Waals surface area contributed by atoms with E-state index < -0.39 is 5.97 Å². The van der Waals surface area contributed by atoms with Crippen molar-refractivity contribution in [3.63, 3.8) is 0 Å². The van der Waals surface area contributed by atoms with Crippen molar-refractivity contribution in [2.45, 2.75) is 90.1 Å². The Hall–Kier alpha value is -1.77. The molecular formula is C32H50N2O5S. The molecule has 3 aliphatic rings. The second kappa shape index (κ2) is 14.4. The van der Waals surface area contributed by atoms with Crippen LogP contribution in [0.25, 0.3) is 0 Å². The van der Waals surface area contributed by atoms with Crippen molar-refractivity contribution in [2.75, 3.05) is 37.7 Å². The largest absolute Gasteiger partial charge is 0.508 e. The van der Waals surface area contributed by atoms with Crippen LogP contribution in [-0.4, -0.2) is 75.9 Å². The van der Waals surface area contributed by atoms with Gasteiger partial charge < -0.3 is 20.6 Å². The number of phenols is 1. The van der Waals surface area contributed by atoms with E-state index in [0.29, 0.717) is 42.5 Å². The van der Waals surface area contributed by atoms with Gasteiger partial charge in [0.1, 0.15) is 5.75 Å². The minimum atomic E-state index is -0.902. The Kier molecular flexibility index (Phi) is 11.2. The highest BCUT2D eigenvalue weighted by Gasteiger charge is 2.56. The first-order valence-corrected chi connectivity index (χ1v) is 16.7. The molecule has 1 aromatic carbocycles. The number of unbranched alkanes of at least 4 members (excludes halogenated alkanes) is 3. The number of nitrogens with zero attached hydrogens (tertiary/aromatic N) is 1. The Morgan fingerprint density at radius 3 is 2.70 bits per heavy atom. The molecule has 0 heterocycles. The number of fused-ring (bicyclic) bond motifs is 5. The maximum Gasteiger partial charge on any atom is 0.317 e. The zero-order chi connectivity index (χ0) is 28.7. The highest BCUT2D eigenvalue weighted by Crippen LogP contribution is 2.62. The Balaban J connectivity index is 1.23. The molecule has 7 nitrogen and oxygen atoms in total. The van der Waals surface area contributed by atoms with Gasteiger partial charge in [0.2, 0.25) is 5.91 Å². The van der Waals surface area contributed by atoms with Gasteiger partial charge in [0.05, 0.1) is 19.2 Å². The van der Waals surface area contributed by atoms with Crippen molar-refractivity contribution >= 4 is 23.6 Å². The summed E-state index contributed by atoms with van der Waals surface area (Å²) in [5.74, 6) is 3.47. The molecule has 0 saturated heterocycles. The van der Waals surface area contributed by atoms with E-state index in [2.05, 4.69) is 25.2 Å². The molecule has 2 fully saturated rings. The van der Waals surface area contributed by atoms with Crippen LogP contribution in [0.5, 0.6) is 5.75 Å². The molecule has 4 N–H and O–H groups in total. The van der Waals surface area contributed by atoms with Crippen molar-refractivity contribution in [2.24, 2.45) is 23.2 Å². The standard InChI is InChI=1S/C32H50N2O5S/c1-3-40-17-16-34(21-30(38)39)20-29(37)33-15-7-5-4-6-8-22-18-23-19-24(35)9-10-25(23)26-13-14-32(2)27(31(22)26)11-12-28(32)36/h9-10,19,22,26-28,31,35-36H,3-8,11-18,20-21H2,1-2H3,(H,33,37)(H,38,39)/t22-,26?,27?,28+,31?,32+/m1/s1. The molecule has 4 rings (SSSR count). The topological polar surface area (TPSA) is 110 Å². The fraction of sp³-hybridized carbons (Fsp3) is 0.750. The van der Waals surface area contributed by atoms with E-state index >= 15 is 0 Å². The van der Waals surface area contributed by atoms with Crippen molar-refractivity contribution in [3.05, 3.63) is 29.3 Å². The van der Waals surface area contributed by atoms with Crippen LogP contribution in [0.15, 0.2) is 18.2 Å². The first-order chi connectivity index (χ1) is 19.2. The van der Waals surface area contributed by atoms with Gasteiger partial charge in [-0.3, -0.25) is 14.5 Å². The molecule has 8 heteroatoms. The van der Waals surface area contributed by atoms with Crippen LogP contribution in [0.1, 0.15) is 88.7 Å². The second-order valence-electron chi connectivity index (χ2n) is 12.6. The molecule has 3 aliphatic carbocycles. The summed E-state index contributed by atoms with van der Waals surface area (Å²) in [7, 11) is 0. The molecular weight excluding hydrogens is 524 g/mol. The molecule has 2 saturated carbocycles. The lowest BCUT2D eigenvalue weighted by atomic mass is 9.52. The van der Waals surface area contributed by atoms with Crippen LogP contribution in [-0.2, 0) is 16.0 Å². The molecule has 1 amide bonds. The summed E-state index contributed by atoms with van der Waals surface area (Å²) in [6, 6.07) is 5.99. The number of thioether (sulfide) groups is 1. The van der Waals surface area contributed by atoms with Gasteiger partial charge in [0, 0.05) is 18.8 Å². The number of aliphatic hydroxyl groups excluding tert-OH is 1. The van der Waals surface area contributed by atoms with Crippen molar-refractivity contribution in [1.82, 2.24) is 10.2 Å². The van der Waals surface area contributed by atoms with Gasteiger partial charge in [0.25, 0.3) is 0 Å². The number of carboxylic acids is 1. The van der Waals surface area contributed by atoms with Gasteiger partial charge in [-0.1, -0.05) is 39.2 Å². The van der Waals surface area contributed by atoms with E-state index in [1.165, 1.54) is 17.5 Å². The number of phenolic OH excluding ortho intramolecular Hbond substituents is 1. The third-order valence-electron chi connectivity index (χ3n) is 10.1. The smallest absolute Gasteiger partial charge is 0.317 e. The average molecular weight is 575 g/mol. The Morgan fingerprint density at radius 2 is 1.93 bits per heavy atom. The van der Waals surface area contributed by atoms with Crippen molar-refractivity contribution in [3.8, 4) is 5.75 Å². The predicted octanol–water partition coefficient (Wildman–Crippen LogP) is 5.04. The number of carbonyl (C=O) groups is 2. The lowest BCUT2D eigenvalue weighted by Crippen LogP contribution is -2.47. The van der Waals surface area contributed by atoms with Gasteiger partial charge in [-0.05, 0) is 103 Å². The van der Waals surface area contributed by atoms with Crippen LogP contribution >= 0.6 is 11.8 Å². The molecule has 0 aliphatic heterocycles. The molecule has 0 aromatic heterocycles. The van der Waals surface area contributed by atoms with Crippen molar-refractivity contribution in [1.29, 1.82) is 0 Å². The van der Waals surface area contributed by atoms with Gasteiger partial charge in [-0.15, -0.1) is 0 Å². The van der Waals surface area contributed by atoms with E-state index in [1.54, 1.807) is 16.7 Å². The van der Waals surface area contributed by atoms with E-state index in [4.69, 9.17) is 5.11 Å². The monoisotopic (exact) mass is 574 g/mol. The number of carbonyl (C=O) groups excluding carboxylic acids is 1. The number of amides is 1. The average Bonchev–Trinajstić information content (AvgIpc) is 3.21. The molecule has 40 heavy (non-hydrogen) atoms. The Bertz CT molecular complexity index is 1010. The van der Waals surface area contributed by atoms with Gasteiger partial charge >= 0.3 is 5.97 Å². The molecule has 224 valence electrons. The van der Waals surface area contributed by atoms with E-state index in [0.717, 1.165) is 69.3 Å². The van der Waals surface area contributed by atoms with Gasteiger partial charge in [-0.25, -0.2) is 0 Å². The number of aliphatic hydroxyl groups is 1. The third kappa shape index (κ3) is 7.54. The molecule has 0 spiro atoms. The summed E-state index contributed by atoms with van der Waals surface area (Å²) in [5, 5.41) is 33.2. The number of rotatable bonds is 15. The summed E-state index contributed by atoms with van der Waals surface area (Å²) in [6.07, 6.45) is 10.6. The first kappa shape index (κ1) is 31.2. The number of hydrogen-bond acceptors (Lipinski definition) is 6. The van der Waals surface area contributed by atoms with E-state index in [1.807, 2.05) is 12.1 Å². The number of hydrogen-bond donors (Lipinski definition) is 4. The highest BCUT2D eigenvalue weighted by molar-refractivity contribution is 7.99. The first-order valence-electron chi connectivity index (χ1n) is 15.5. The maximum atomic E-state index is 12.4. The SMILES string of the molecule is CCSCCN(CC(=O)O)CC(=O)NCCCCCC[C@@H]1Cc2cc(O)ccc2C2CC[C@@]3(C)C(CC[C@@H]3O)C21. The number of aliphatic carboxylic acids is 1. The summed E-state index contributed by atoms with van der Waals surface area (Å²) < 4.78 is 0. The third-order valence-corrected chi connectivity index (χ3v) is 11.0. The summed E-state index contributed by atoms with van der Waals surface area (Å²) in [4.78, 5) is 25.2. The molecule has 1 aromatic rings. The highest BCUT2D eigenvalue weighted by atomic mass is 32.2. The van der Waals surface area contributed by atoms with Crippen molar-refractivity contribution < 1.29 is 24.9 Å². The maximum absolute atomic E-state index is 12.4. The molecule has 0 bridgehead atoms. The number of nitrogens with one attached hydrogen (secondary N) is 1. The van der Waals surface area contributed by atoms with E-state index in [9.17, 15) is 19.8 Å². The second-order valence-corrected chi connectivity index (χ2v) is 14.0. The zero-order valence-electron chi connectivity index (χ0n) is 24.4. The fourth-order valence-electron chi connectivity index (χ4n) is 8.15. The Labute approximate surface area is 244 Å². The lowest BCUT2D eigenvalue weighted by molar-refractivity contribution is -0.138. The Morgan fingerprint density at radius 1 is 1.12 bits per heavy atom. The van der Waals surface area contributed by atoms with Crippen LogP contribution < -0.4 is 5.32 Å². The van der Waals surface area contributed by atoms with E-state index in [-0.39, 0.29) is 30.5 Å². The van der Waals surface area contributed by atoms with Gasteiger partial charge in [0.15, 0.2) is 0 Å². The minimum absolute atomic E-state index is 0.0426.